The van der Waals surface area contributed by atoms with E-state index in [1.165, 1.54) is 0 Å². The molecule has 0 heterocycles. The second-order valence-electron chi connectivity index (χ2n) is 5.95. The lowest BCUT2D eigenvalue weighted by Crippen LogP contribution is -2.37. The Bertz CT molecular complexity index is 751. The molecular weight excluding hydrogens is 369 g/mol. The van der Waals surface area contributed by atoms with Crippen LogP contribution in [0.5, 0.6) is 0 Å². The van der Waals surface area contributed by atoms with Gasteiger partial charge in [0.15, 0.2) is 0 Å². The van der Waals surface area contributed by atoms with Crippen molar-refractivity contribution in [2.45, 2.75) is 24.9 Å². The van der Waals surface area contributed by atoms with Crippen LogP contribution < -0.4 is 17.0 Å². The minimum Gasteiger partial charge on any atom is -0.370 e. The molecule has 9 heteroatoms. The van der Waals surface area contributed by atoms with E-state index in [4.69, 9.17) is 17.0 Å². The third-order valence-corrected chi connectivity index (χ3v) is 4.51. The van der Waals surface area contributed by atoms with Gasteiger partial charge in [-0.3, -0.25) is 0 Å². The molecule has 0 spiro atoms. The van der Waals surface area contributed by atoms with Gasteiger partial charge in [0, 0.05) is 0 Å². The highest BCUT2D eigenvalue weighted by molar-refractivity contribution is 7.52. The third kappa shape index (κ3) is 6.96. The molecule has 2 rings (SSSR count). The van der Waals surface area contributed by atoms with Crippen LogP contribution in [0.2, 0.25) is 0 Å². The second kappa shape index (κ2) is 9.43. The van der Waals surface area contributed by atoms with E-state index in [9.17, 15) is 14.2 Å². The van der Waals surface area contributed by atoms with Crippen LogP contribution in [0.25, 0.3) is 0 Å². The molecule has 0 amide bonds. The highest BCUT2D eigenvalue weighted by atomic mass is 31.2. The van der Waals surface area contributed by atoms with Crippen molar-refractivity contribution in [2.24, 2.45) is 17.0 Å². The van der Waals surface area contributed by atoms with Gasteiger partial charge in [-0.2, -0.15) is 0 Å². The van der Waals surface area contributed by atoms with Gasteiger partial charge in [0.05, 0.1) is 0 Å². The summed E-state index contributed by atoms with van der Waals surface area (Å²) in [6.07, 6.45) is 0.308. The maximum Gasteiger partial charge on any atom is 0.514 e. The van der Waals surface area contributed by atoms with E-state index >= 15 is 0 Å². The first-order chi connectivity index (χ1) is 12.8. The van der Waals surface area contributed by atoms with Crippen LogP contribution in [-0.4, -0.2) is 24.0 Å². The molecule has 2 aromatic rings. The normalized spacial score (nSPS) is 15.2. The quantitative estimate of drug-likeness (QED) is 0.570. The molecule has 0 aliphatic rings. The Morgan fingerprint density at radius 3 is 1.44 bits per heavy atom. The molecule has 0 aliphatic heterocycles. The Morgan fingerprint density at radius 1 is 0.778 bits per heavy atom. The minimum atomic E-state index is -4.48. The SMILES string of the molecule is NC(Cc1ccccc1)C(=O)OP(N)(=O)OC(=O)C(N)Cc1ccccc1. The number of carbonyl (C=O) groups excluding carboxylic acids is 2. The smallest absolute Gasteiger partial charge is 0.370 e. The Kier molecular flexibility index (Phi) is 7.27. The Labute approximate surface area is 157 Å². The fourth-order valence-corrected chi connectivity index (χ4v) is 3.12. The molecule has 2 aromatic carbocycles. The van der Waals surface area contributed by atoms with Gasteiger partial charge in [-0.15, -0.1) is 0 Å². The van der Waals surface area contributed by atoms with E-state index in [1.807, 2.05) is 12.1 Å². The van der Waals surface area contributed by atoms with E-state index in [-0.39, 0.29) is 12.8 Å². The van der Waals surface area contributed by atoms with Crippen molar-refractivity contribution < 1.29 is 23.2 Å². The summed E-state index contributed by atoms with van der Waals surface area (Å²) >= 11 is 0. The first-order valence-corrected chi connectivity index (χ1v) is 9.82. The maximum absolute atomic E-state index is 12.1. The van der Waals surface area contributed by atoms with Gasteiger partial charge in [-0.25, -0.2) is 19.7 Å². The lowest BCUT2D eigenvalue weighted by atomic mass is 10.1. The van der Waals surface area contributed by atoms with Crippen molar-refractivity contribution in [1.29, 1.82) is 0 Å². The highest BCUT2D eigenvalue weighted by Crippen LogP contribution is 2.40. The molecule has 0 radical (unpaired) electrons. The lowest BCUT2D eigenvalue weighted by Gasteiger charge is -2.18. The lowest BCUT2D eigenvalue weighted by molar-refractivity contribution is -0.140. The zero-order valence-electron chi connectivity index (χ0n) is 14.6. The van der Waals surface area contributed by atoms with Crippen LogP contribution in [0.3, 0.4) is 0 Å². The number of hydrogen-bond donors (Lipinski definition) is 3. The van der Waals surface area contributed by atoms with Gasteiger partial charge in [0.25, 0.3) is 0 Å². The first kappa shape index (κ1) is 20.8. The molecule has 27 heavy (non-hydrogen) atoms. The average Bonchev–Trinajstić information content (AvgIpc) is 2.62. The van der Waals surface area contributed by atoms with E-state index in [0.717, 1.165) is 11.1 Å². The molecule has 0 bridgehead atoms. The summed E-state index contributed by atoms with van der Waals surface area (Å²) in [5.74, 6) is -2.07. The number of hydrogen-bond acceptors (Lipinski definition) is 7. The van der Waals surface area contributed by atoms with Gasteiger partial charge in [0.1, 0.15) is 12.1 Å². The van der Waals surface area contributed by atoms with Crippen molar-refractivity contribution in [2.75, 3.05) is 0 Å². The number of carbonyl (C=O) groups is 2. The van der Waals surface area contributed by atoms with Crippen molar-refractivity contribution >= 4 is 19.7 Å². The van der Waals surface area contributed by atoms with Crippen molar-refractivity contribution in [3.8, 4) is 0 Å². The summed E-state index contributed by atoms with van der Waals surface area (Å²) < 4.78 is 21.4. The zero-order valence-corrected chi connectivity index (χ0v) is 15.5. The highest BCUT2D eigenvalue weighted by Gasteiger charge is 2.32. The molecule has 6 N–H and O–H groups in total. The summed E-state index contributed by atoms with van der Waals surface area (Å²) in [5.41, 5.74) is 18.4. The fraction of sp³-hybridized carbons (Fsp3) is 0.222. The Hall–Kier alpha value is -2.51. The molecule has 144 valence electrons. The standard InChI is InChI=1S/C18H22N3O5P/c19-15(11-13-7-3-1-4-8-13)17(22)25-27(21,24)26-18(23)16(20)12-14-9-5-2-6-10-14/h1-10,15-16H,11-12,19-20H2,(H2,21,24). The predicted octanol–water partition coefficient (Wildman–Crippen LogP) is 1.28. The number of nitrogens with two attached hydrogens (primary N) is 3. The van der Waals surface area contributed by atoms with Gasteiger partial charge >= 0.3 is 19.7 Å². The van der Waals surface area contributed by atoms with Crippen LogP contribution in [0.4, 0.5) is 0 Å². The molecule has 0 aromatic heterocycles. The summed E-state index contributed by atoms with van der Waals surface area (Å²) in [6.45, 7) is 0. The van der Waals surface area contributed by atoms with Crippen LogP contribution in [-0.2, 0) is 36.0 Å². The molecular formula is C18H22N3O5P. The molecule has 0 fully saturated rings. The average molecular weight is 391 g/mol. The van der Waals surface area contributed by atoms with E-state index in [1.54, 1.807) is 48.5 Å². The molecule has 0 saturated carbocycles. The van der Waals surface area contributed by atoms with Gasteiger partial charge in [-0.1, -0.05) is 60.7 Å². The molecule has 0 aliphatic carbocycles. The zero-order chi connectivity index (χ0) is 19.9. The Morgan fingerprint density at radius 2 is 1.11 bits per heavy atom. The largest absolute Gasteiger partial charge is 0.514 e. The summed E-state index contributed by atoms with van der Waals surface area (Å²) in [4.78, 5) is 24.0. The topological polar surface area (TPSA) is 148 Å². The third-order valence-electron chi connectivity index (χ3n) is 3.64. The summed E-state index contributed by atoms with van der Waals surface area (Å²) in [6, 6.07) is 15.7. The van der Waals surface area contributed by atoms with Crippen LogP contribution in [0, 0.1) is 0 Å². The Balaban J connectivity index is 1.88. The predicted molar refractivity (Wildman–Crippen MR) is 100 cm³/mol. The van der Waals surface area contributed by atoms with E-state index < -0.39 is 31.8 Å². The number of benzene rings is 2. The maximum atomic E-state index is 12.1. The van der Waals surface area contributed by atoms with Gasteiger partial charge in [-0.05, 0) is 24.0 Å². The van der Waals surface area contributed by atoms with Crippen molar-refractivity contribution in [3.63, 3.8) is 0 Å². The van der Waals surface area contributed by atoms with Crippen molar-refractivity contribution in [1.82, 2.24) is 0 Å². The number of rotatable bonds is 8. The minimum absolute atomic E-state index is 0.154. The van der Waals surface area contributed by atoms with Gasteiger partial charge < -0.3 is 20.5 Å². The van der Waals surface area contributed by atoms with Crippen LogP contribution in [0.1, 0.15) is 11.1 Å². The van der Waals surface area contributed by atoms with Crippen LogP contribution >= 0.6 is 7.75 Å². The summed E-state index contributed by atoms with van der Waals surface area (Å²) in [5, 5.41) is 0. The molecule has 0 saturated heterocycles. The van der Waals surface area contributed by atoms with E-state index in [2.05, 4.69) is 9.05 Å². The summed E-state index contributed by atoms with van der Waals surface area (Å²) in [7, 11) is -4.48. The molecule has 2 unspecified atom stereocenters. The van der Waals surface area contributed by atoms with Crippen molar-refractivity contribution in [3.05, 3.63) is 71.8 Å². The van der Waals surface area contributed by atoms with Gasteiger partial charge in [0.2, 0.25) is 0 Å². The monoisotopic (exact) mass is 391 g/mol. The first-order valence-electron chi connectivity index (χ1n) is 8.21. The second-order valence-corrected chi connectivity index (χ2v) is 7.40. The molecule has 2 atom stereocenters. The van der Waals surface area contributed by atoms with E-state index in [0.29, 0.717) is 0 Å². The fourth-order valence-electron chi connectivity index (χ4n) is 2.31. The van der Waals surface area contributed by atoms with Crippen LogP contribution in [0.15, 0.2) is 60.7 Å². The molecule has 8 nitrogen and oxygen atoms in total.